The van der Waals surface area contributed by atoms with Gasteiger partial charge in [0.25, 0.3) is 11.8 Å². The second-order valence-corrected chi connectivity index (χ2v) is 17.1. The molecule has 2 aromatic carbocycles. The zero-order valence-corrected chi connectivity index (χ0v) is 40.0. The Morgan fingerprint density at radius 2 is 1.74 bits per heavy atom. The second kappa shape index (κ2) is 23.6. The van der Waals surface area contributed by atoms with E-state index >= 15 is 4.39 Å². The molecular formula is C50H71ClFN5O5. The van der Waals surface area contributed by atoms with Crippen molar-refractivity contribution in [2.24, 2.45) is 11.8 Å². The molecular weight excluding hydrogens is 805 g/mol. The molecule has 0 radical (unpaired) electrons. The van der Waals surface area contributed by atoms with Crippen LogP contribution in [0.2, 0.25) is 5.02 Å². The maximum absolute atomic E-state index is 15.4. The fourth-order valence-electron chi connectivity index (χ4n) is 7.51. The van der Waals surface area contributed by atoms with Crippen LogP contribution in [0.5, 0.6) is 5.88 Å². The number of aliphatic hydroxyl groups is 1. The summed E-state index contributed by atoms with van der Waals surface area (Å²) in [6.07, 6.45) is 10.8. The molecule has 0 saturated carbocycles. The third kappa shape index (κ3) is 12.2. The minimum atomic E-state index is -0.583. The monoisotopic (exact) mass is 876 g/mol. The Balaban J connectivity index is 0.000000390. The Hall–Kier alpha value is -4.74. The summed E-state index contributed by atoms with van der Waals surface area (Å²) in [5, 5.41) is 14.2. The summed E-state index contributed by atoms with van der Waals surface area (Å²) in [5.74, 6) is 0.920. The highest BCUT2D eigenvalue weighted by Crippen LogP contribution is 2.44. The number of pyridine rings is 1. The molecule has 3 N–H and O–H groups in total. The highest BCUT2D eigenvalue weighted by Gasteiger charge is 2.32. The van der Waals surface area contributed by atoms with E-state index in [0.717, 1.165) is 62.0 Å². The molecule has 0 fully saturated rings. The van der Waals surface area contributed by atoms with Crippen molar-refractivity contribution in [3.05, 3.63) is 88.1 Å². The van der Waals surface area contributed by atoms with Gasteiger partial charge in [-0.15, -0.1) is 0 Å². The van der Waals surface area contributed by atoms with Crippen LogP contribution in [-0.4, -0.2) is 71.0 Å². The molecule has 10 nitrogen and oxygen atoms in total. The summed E-state index contributed by atoms with van der Waals surface area (Å²) >= 11 is 6.89. The van der Waals surface area contributed by atoms with Gasteiger partial charge in [-0.1, -0.05) is 92.1 Å². The summed E-state index contributed by atoms with van der Waals surface area (Å²) < 4.78 is 21.0. The van der Waals surface area contributed by atoms with Gasteiger partial charge in [0.05, 0.1) is 17.8 Å². The number of carbonyl (C=O) groups excluding carboxylic acids is 3. The normalized spacial score (nSPS) is 15.7. The molecule has 3 aromatic rings. The molecule has 2 heterocycles. The van der Waals surface area contributed by atoms with E-state index in [1.165, 1.54) is 30.0 Å². The standard InChI is InChI=1S/C31H30ClFN4O3.C16H33NO.C3H8O/c1-16-10-11-19-14-25(35-30(40-6)26(16)19)21-12-13-23(33)27(28(21)32)20-8-7-9-24(17(20)2)34-29(38)22-15-36(4)18(3)37(5)31(22)39;1-7-13(5)11-12-16(9-3,10-4)17-15(18)14(6)8-2;1-2-3-4/h7-9,12-16H,3,10-11H2,1-2,4-6H3,(H,34,38);13-14H,7-12H2,1-6H3,(H,17,18);4H,2-3H2,1H3. The molecule has 5 rings (SSSR count). The highest BCUT2D eigenvalue weighted by molar-refractivity contribution is 6.36. The van der Waals surface area contributed by atoms with Crippen LogP contribution in [0.4, 0.5) is 10.1 Å². The first-order chi connectivity index (χ1) is 29.4. The molecule has 3 unspecified atom stereocenters. The first-order valence-electron chi connectivity index (χ1n) is 22.2. The number of methoxy groups -OCH3 is 1. The van der Waals surface area contributed by atoms with Crippen LogP contribution in [0.1, 0.15) is 129 Å². The van der Waals surface area contributed by atoms with Crippen LogP contribution in [-0.2, 0) is 20.8 Å². The molecule has 340 valence electrons. The Bertz CT molecular complexity index is 2080. The number of likely N-dealkylation sites (N-methyl/N-ethyl adjacent to an activating group) is 1. The van der Waals surface area contributed by atoms with Crippen molar-refractivity contribution in [3.63, 3.8) is 0 Å². The fraction of sp³-hybridized carbons (Fsp3) is 0.520. The predicted octanol–water partition coefficient (Wildman–Crippen LogP) is 11.2. The molecule has 1 aliphatic carbocycles. The number of nitrogens with zero attached hydrogens (tertiary/aromatic N) is 3. The largest absolute Gasteiger partial charge is 0.481 e. The molecule has 0 saturated heterocycles. The number of ether oxygens (including phenoxy) is 1. The van der Waals surface area contributed by atoms with Crippen LogP contribution in [0, 0.1) is 24.6 Å². The lowest BCUT2D eigenvalue weighted by Crippen LogP contribution is -2.49. The van der Waals surface area contributed by atoms with Gasteiger partial charge in [-0.25, -0.2) is 9.37 Å². The van der Waals surface area contributed by atoms with Crippen molar-refractivity contribution >= 4 is 35.0 Å². The molecule has 62 heavy (non-hydrogen) atoms. The second-order valence-electron chi connectivity index (χ2n) is 16.7. The van der Waals surface area contributed by atoms with Crippen LogP contribution >= 0.6 is 11.6 Å². The number of anilines is 1. The molecule has 3 amide bonds. The van der Waals surface area contributed by atoms with Gasteiger partial charge in [0.1, 0.15) is 17.2 Å². The highest BCUT2D eigenvalue weighted by atomic mass is 35.5. The van der Waals surface area contributed by atoms with Gasteiger partial charge in [-0.05, 0) is 111 Å². The summed E-state index contributed by atoms with van der Waals surface area (Å²) in [7, 11) is 4.85. The number of rotatable bonds is 15. The number of carbonyl (C=O) groups is 3. The Kier molecular flexibility index (Phi) is 19.7. The van der Waals surface area contributed by atoms with Crippen LogP contribution in [0.25, 0.3) is 22.4 Å². The molecule has 2 aliphatic rings. The van der Waals surface area contributed by atoms with E-state index in [4.69, 9.17) is 26.4 Å². The molecule has 12 heteroatoms. The molecule has 0 spiro atoms. The van der Waals surface area contributed by atoms with Crippen LogP contribution < -0.4 is 15.4 Å². The fourth-order valence-corrected chi connectivity index (χ4v) is 7.86. The van der Waals surface area contributed by atoms with E-state index in [-0.39, 0.29) is 33.5 Å². The van der Waals surface area contributed by atoms with Crippen molar-refractivity contribution in [2.75, 3.05) is 33.1 Å². The quantitative estimate of drug-likeness (QED) is 0.130. The van der Waals surface area contributed by atoms with Gasteiger partial charge in [0, 0.05) is 60.7 Å². The van der Waals surface area contributed by atoms with Crippen molar-refractivity contribution in [1.82, 2.24) is 20.1 Å². The van der Waals surface area contributed by atoms with Crippen molar-refractivity contribution in [3.8, 4) is 28.3 Å². The average Bonchev–Trinajstić information content (AvgIpc) is 3.66. The number of halogens is 2. The molecule has 1 aromatic heterocycles. The van der Waals surface area contributed by atoms with E-state index < -0.39 is 17.6 Å². The number of hydrogen-bond donors (Lipinski definition) is 3. The Morgan fingerprint density at radius 1 is 1.08 bits per heavy atom. The number of nitrogens with one attached hydrogen (secondary N) is 2. The van der Waals surface area contributed by atoms with E-state index in [0.29, 0.717) is 52.3 Å². The van der Waals surface area contributed by atoms with Crippen molar-refractivity contribution in [2.45, 2.75) is 132 Å². The lowest BCUT2D eigenvalue weighted by atomic mass is 9.84. The number of aliphatic hydroxyl groups excluding tert-OH is 1. The number of benzene rings is 2. The maximum Gasteiger partial charge on any atom is 0.266 e. The predicted molar refractivity (Wildman–Crippen MR) is 251 cm³/mol. The van der Waals surface area contributed by atoms with Crippen LogP contribution in [0.15, 0.2) is 60.6 Å². The summed E-state index contributed by atoms with van der Waals surface area (Å²) in [6, 6.07) is 10.1. The third-order valence-electron chi connectivity index (χ3n) is 12.6. The first kappa shape index (κ1) is 51.6. The number of aryl methyl sites for hydroxylation is 1. The van der Waals surface area contributed by atoms with Crippen molar-refractivity contribution < 1.29 is 28.6 Å². The van der Waals surface area contributed by atoms with Crippen LogP contribution in [0.3, 0.4) is 0 Å². The Morgan fingerprint density at radius 3 is 2.32 bits per heavy atom. The Labute approximate surface area is 375 Å². The van der Waals surface area contributed by atoms with Crippen molar-refractivity contribution in [1.29, 1.82) is 0 Å². The van der Waals surface area contributed by atoms with Gasteiger partial charge in [-0.3, -0.25) is 19.3 Å². The van der Waals surface area contributed by atoms with Gasteiger partial charge in [-0.2, -0.15) is 0 Å². The number of hydrogen-bond acceptors (Lipinski definition) is 7. The van der Waals surface area contributed by atoms with Gasteiger partial charge in [0.15, 0.2) is 0 Å². The minimum absolute atomic E-state index is 0.0178. The average molecular weight is 877 g/mol. The lowest BCUT2D eigenvalue weighted by molar-refractivity contribution is -0.129. The number of amides is 3. The van der Waals surface area contributed by atoms with E-state index in [1.54, 1.807) is 57.3 Å². The zero-order chi connectivity index (χ0) is 46.5. The summed E-state index contributed by atoms with van der Waals surface area (Å²) in [5.41, 5.74) is 5.16. The topological polar surface area (TPSA) is 124 Å². The molecule has 1 aliphatic heterocycles. The summed E-state index contributed by atoms with van der Waals surface area (Å²) in [6.45, 7) is 23.0. The molecule has 3 atom stereocenters. The summed E-state index contributed by atoms with van der Waals surface area (Å²) in [4.78, 5) is 45.6. The van der Waals surface area contributed by atoms with E-state index in [2.05, 4.69) is 58.8 Å². The maximum atomic E-state index is 15.4. The zero-order valence-electron chi connectivity index (χ0n) is 39.2. The number of aromatic nitrogens is 1. The van der Waals surface area contributed by atoms with Gasteiger partial charge >= 0.3 is 0 Å². The van der Waals surface area contributed by atoms with Gasteiger partial charge in [0.2, 0.25) is 11.8 Å². The number of fused-ring (bicyclic) bond motifs is 1. The van der Waals surface area contributed by atoms with E-state index in [9.17, 15) is 14.4 Å². The third-order valence-corrected chi connectivity index (χ3v) is 13.0. The van der Waals surface area contributed by atoms with Gasteiger partial charge < -0.3 is 25.4 Å². The molecule has 0 bridgehead atoms. The first-order valence-corrected chi connectivity index (χ1v) is 22.6. The smallest absolute Gasteiger partial charge is 0.266 e. The SMILES string of the molecule is C=C1N(C)C=C(C(=O)Nc2cccc(-c3c(F)ccc(-c4cc5c(c(OC)n4)C(C)CC5)c3Cl)c2C)C(=O)N1C.CCC(C)CCC(CC)(CC)NC(=O)C(C)CC.CCCO. The minimum Gasteiger partial charge on any atom is -0.481 e. The van der Waals surface area contributed by atoms with E-state index in [1.807, 2.05) is 19.9 Å². The lowest BCUT2D eigenvalue weighted by Gasteiger charge is -2.35.